The number of hydrogen-bond donors (Lipinski definition) is 2. The number of rotatable bonds is 7. The van der Waals surface area contributed by atoms with Crippen molar-refractivity contribution in [2.75, 3.05) is 12.4 Å². The number of halogens is 2. The van der Waals surface area contributed by atoms with E-state index in [9.17, 15) is 13.6 Å². The summed E-state index contributed by atoms with van der Waals surface area (Å²) in [6.07, 6.45) is 7.13. The number of alkyl halides is 1. The van der Waals surface area contributed by atoms with Crippen LogP contribution < -0.4 is 15.4 Å². The van der Waals surface area contributed by atoms with Crippen molar-refractivity contribution in [1.29, 1.82) is 0 Å². The molecule has 0 spiro atoms. The topological polar surface area (TPSA) is 94.0 Å². The summed E-state index contributed by atoms with van der Waals surface area (Å²) in [5, 5.41) is 6.89. The Hall–Kier alpha value is -4.08. The van der Waals surface area contributed by atoms with Crippen LogP contribution in [0.15, 0.2) is 55.1 Å². The molecule has 3 atom stereocenters. The van der Waals surface area contributed by atoms with Gasteiger partial charge >= 0.3 is 0 Å². The lowest BCUT2D eigenvalue weighted by atomic mass is 9.93. The number of carbonyl (C=O) groups is 1. The van der Waals surface area contributed by atoms with E-state index in [2.05, 4.69) is 25.6 Å². The molecule has 0 bridgehead atoms. The molecule has 1 aliphatic carbocycles. The Labute approximate surface area is 213 Å². The fraction of sp³-hybridized carbons (Fsp3) is 0.333. The Morgan fingerprint density at radius 3 is 2.73 bits per heavy atom. The monoisotopic (exact) mass is 506 g/mol. The van der Waals surface area contributed by atoms with Gasteiger partial charge in [-0.2, -0.15) is 0 Å². The summed E-state index contributed by atoms with van der Waals surface area (Å²) >= 11 is 0. The van der Waals surface area contributed by atoms with Crippen LogP contribution in [0, 0.1) is 5.82 Å². The maximum absolute atomic E-state index is 14.5. The number of hydrogen-bond acceptors (Lipinski definition) is 6. The van der Waals surface area contributed by atoms with Gasteiger partial charge in [0.2, 0.25) is 0 Å². The van der Waals surface area contributed by atoms with Crippen molar-refractivity contribution < 1.29 is 18.3 Å². The van der Waals surface area contributed by atoms with Gasteiger partial charge in [0.1, 0.15) is 17.7 Å². The largest absolute Gasteiger partial charge is 0.494 e. The molecule has 0 radical (unpaired) electrons. The van der Waals surface area contributed by atoms with Crippen LogP contribution in [-0.2, 0) is 7.05 Å². The molecule has 2 N–H and O–H groups in total. The lowest BCUT2D eigenvalue weighted by Crippen LogP contribution is -2.33. The highest BCUT2D eigenvalue weighted by Gasteiger charge is 2.25. The van der Waals surface area contributed by atoms with Crippen LogP contribution in [0.1, 0.15) is 53.5 Å². The van der Waals surface area contributed by atoms with Crippen LogP contribution in [0.5, 0.6) is 5.75 Å². The van der Waals surface area contributed by atoms with E-state index >= 15 is 0 Å². The predicted molar refractivity (Wildman–Crippen MR) is 136 cm³/mol. The van der Waals surface area contributed by atoms with E-state index < -0.39 is 23.9 Å². The third-order valence-electron chi connectivity index (χ3n) is 6.76. The second kappa shape index (κ2) is 10.5. The van der Waals surface area contributed by atoms with E-state index in [0.29, 0.717) is 29.0 Å². The van der Waals surface area contributed by atoms with Gasteiger partial charge in [-0.05, 0) is 42.7 Å². The second-order valence-electron chi connectivity index (χ2n) is 9.24. The third kappa shape index (κ3) is 5.23. The maximum atomic E-state index is 14.5. The number of aromatic nitrogens is 4. The first-order chi connectivity index (χ1) is 17.9. The van der Waals surface area contributed by atoms with Crippen molar-refractivity contribution in [1.82, 2.24) is 24.8 Å². The molecule has 0 saturated heterocycles. The van der Waals surface area contributed by atoms with Gasteiger partial charge in [-0.3, -0.25) is 4.79 Å². The molecule has 1 aromatic carbocycles. The van der Waals surface area contributed by atoms with Crippen molar-refractivity contribution >= 4 is 22.6 Å². The van der Waals surface area contributed by atoms with Crippen molar-refractivity contribution in [3.05, 3.63) is 77.9 Å². The Morgan fingerprint density at radius 1 is 1.16 bits per heavy atom. The average Bonchev–Trinajstić information content (AvgIpc) is 3.33. The maximum Gasteiger partial charge on any atom is 0.270 e. The molecule has 0 unspecified atom stereocenters. The molecule has 3 heterocycles. The van der Waals surface area contributed by atoms with Crippen molar-refractivity contribution in [2.45, 2.75) is 43.9 Å². The number of anilines is 1. The zero-order valence-electron chi connectivity index (χ0n) is 20.6. The fourth-order valence-electron chi connectivity index (χ4n) is 4.70. The van der Waals surface area contributed by atoms with Crippen LogP contribution >= 0.6 is 0 Å². The molecule has 37 heavy (non-hydrogen) atoms. The molecule has 3 aromatic heterocycles. The number of amides is 1. The molecular weight excluding hydrogens is 478 g/mol. The van der Waals surface area contributed by atoms with E-state index in [1.54, 1.807) is 54.6 Å². The van der Waals surface area contributed by atoms with E-state index in [0.717, 1.165) is 24.6 Å². The van der Waals surface area contributed by atoms with Gasteiger partial charge in [0.25, 0.3) is 5.91 Å². The summed E-state index contributed by atoms with van der Waals surface area (Å²) in [5.41, 5.74) is 1.94. The Bertz CT molecular complexity index is 1430. The summed E-state index contributed by atoms with van der Waals surface area (Å²) in [7, 11) is 3.19. The minimum Gasteiger partial charge on any atom is -0.494 e. The molecule has 1 saturated carbocycles. The van der Waals surface area contributed by atoms with Gasteiger partial charge in [0.15, 0.2) is 11.6 Å². The summed E-state index contributed by atoms with van der Waals surface area (Å²) in [6, 6.07) is 8.68. The van der Waals surface area contributed by atoms with Crippen LogP contribution in [0.25, 0.3) is 10.9 Å². The standard InChI is InChI=1S/C27H28F2N6O2/c1-35-15-30-14-23(35)26(16-8-10-24(37-2)19(29)11-16)34-27(36)21-9-7-17-13-31-25(12-22(17)32-21)33-20-6-4-3-5-18(20)28/h7-15,18,20,26H,3-6H2,1-2H3,(H,31,33)(H,34,36)/t18-,20-,26-/m0/s1. The number of methoxy groups -OCH3 is 1. The van der Waals surface area contributed by atoms with E-state index in [1.807, 2.05) is 0 Å². The van der Waals surface area contributed by atoms with Gasteiger partial charge in [0.05, 0.1) is 42.9 Å². The predicted octanol–water partition coefficient (Wildman–Crippen LogP) is 4.72. The highest BCUT2D eigenvalue weighted by Crippen LogP contribution is 2.28. The molecule has 1 fully saturated rings. The molecular formula is C27H28F2N6O2. The van der Waals surface area contributed by atoms with E-state index in [4.69, 9.17) is 4.74 Å². The SMILES string of the molecule is COc1ccc([C@H](NC(=O)c2ccc3cnc(N[C@H]4CCCC[C@@H]4F)cc3n2)c2cncn2C)cc1F. The number of carbonyl (C=O) groups excluding carboxylic acids is 1. The normalized spacial score (nSPS) is 18.4. The molecule has 8 nitrogen and oxygen atoms in total. The number of fused-ring (bicyclic) bond motifs is 1. The minimum absolute atomic E-state index is 0.111. The molecule has 0 aliphatic heterocycles. The molecule has 1 aliphatic rings. The highest BCUT2D eigenvalue weighted by atomic mass is 19.1. The lowest BCUT2D eigenvalue weighted by molar-refractivity contribution is 0.0937. The average molecular weight is 507 g/mol. The number of imidazole rings is 1. The minimum atomic E-state index is -0.914. The third-order valence-corrected chi connectivity index (χ3v) is 6.76. The Kier molecular flexibility index (Phi) is 6.98. The number of nitrogens with zero attached hydrogens (tertiary/aromatic N) is 4. The molecule has 4 aromatic rings. The molecule has 5 rings (SSSR count). The molecule has 10 heteroatoms. The molecule has 1 amide bonds. The first-order valence-corrected chi connectivity index (χ1v) is 12.2. The van der Waals surface area contributed by atoms with Gasteiger partial charge in [0, 0.05) is 24.7 Å². The summed E-state index contributed by atoms with van der Waals surface area (Å²) < 4.78 is 35.6. The van der Waals surface area contributed by atoms with Crippen LogP contribution in [0.3, 0.4) is 0 Å². The summed E-state index contributed by atoms with van der Waals surface area (Å²) in [5.74, 6) is -0.341. The van der Waals surface area contributed by atoms with Gasteiger partial charge in [-0.15, -0.1) is 0 Å². The number of aryl methyl sites for hydroxylation is 1. The van der Waals surface area contributed by atoms with Gasteiger partial charge in [-0.25, -0.2) is 23.7 Å². The first kappa shape index (κ1) is 24.6. The molecule has 192 valence electrons. The number of pyridine rings is 2. The zero-order chi connectivity index (χ0) is 25.9. The highest BCUT2D eigenvalue weighted by molar-refractivity contribution is 5.95. The van der Waals surface area contributed by atoms with Crippen molar-refractivity contribution in [2.24, 2.45) is 7.05 Å². The lowest BCUT2D eigenvalue weighted by Gasteiger charge is -2.27. The van der Waals surface area contributed by atoms with Crippen molar-refractivity contribution in [3.8, 4) is 5.75 Å². The van der Waals surface area contributed by atoms with Gasteiger partial charge < -0.3 is 19.9 Å². The smallest absolute Gasteiger partial charge is 0.270 e. The van der Waals surface area contributed by atoms with E-state index in [1.165, 1.54) is 19.2 Å². The Morgan fingerprint density at radius 2 is 2.00 bits per heavy atom. The zero-order valence-corrected chi connectivity index (χ0v) is 20.6. The fourth-order valence-corrected chi connectivity index (χ4v) is 4.70. The van der Waals surface area contributed by atoms with Crippen LogP contribution in [-0.4, -0.2) is 44.7 Å². The summed E-state index contributed by atoms with van der Waals surface area (Å²) in [6.45, 7) is 0. The first-order valence-electron chi connectivity index (χ1n) is 12.2. The van der Waals surface area contributed by atoms with Crippen LogP contribution in [0.2, 0.25) is 0 Å². The Balaban J connectivity index is 1.42. The van der Waals surface area contributed by atoms with Crippen LogP contribution in [0.4, 0.5) is 14.6 Å². The van der Waals surface area contributed by atoms with Gasteiger partial charge in [-0.1, -0.05) is 18.9 Å². The van der Waals surface area contributed by atoms with Crippen molar-refractivity contribution in [3.63, 3.8) is 0 Å². The number of nitrogens with one attached hydrogen (secondary N) is 2. The summed E-state index contributed by atoms with van der Waals surface area (Å²) in [4.78, 5) is 26.4. The number of ether oxygens (including phenoxy) is 1. The quantitative estimate of drug-likeness (QED) is 0.377. The number of benzene rings is 1. The second-order valence-corrected chi connectivity index (χ2v) is 9.24. The van der Waals surface area contributed by atoms with E-state index in [-0.39, 0.29) is 17.5 Å².